The maximum atomic E-state index is 5.52. The third-order valence-corrected chi connectivity index (χ3v) is 3.56. The van der Waals surface area contributed by atoms with E-state index in [0.29, 0.717) is 12.3 Å². The number of pyridine rings is 1. The van der Waals surface area contributed by atoms with Crippen LogP contribution in [0.2, 0.25) is 0 Å². The Labute approximate surface area is 135 Å². The lowest BCUT2D eigenvalue weighted by Gasteiger charge is -2.10. The third kappa shape index (κ3) is 3.45. The van der Waals surface area contributed by atoms with Gasteiger partial charge in [-0.05, 0) is 29.7 Å². The molecule has 0 atom stereocenters. The van der Waals surface area contributed by atoms with Gasteiger partial charge in [-0.2, -0.15) is 0 Å². The molecule has 0 saturated heterocycles. The SMILES string of the molecule is COc1ncc(Cc2cnc(N)nc2)cc1-c1cccc(C)c1. The lowest BCUT2D eigenvalue weighted by Crippen LogP contribution is -1.98. The number of ether oxygens (including phenoxy) is 1. The third-order valence-electron chi connectivity index (χ3n) is 3.56. The number of aromatic nitrogens is 3. The van der Waals surface area contributed by atoms with Gasteiger partial charge in [0.1, 0.15) is 0 Å². The van der Waals surface area contributed by atoms with Crippen molar-refractivity contribution in [1.29, 1.82) is 0 Å². The first kappa shape index (κ1) is 15.0. The molecule has 0 radical (unpaired) electrons. The number of nitrogen functional groups attached to an aromatic ring is 1. The molecular weight excluding hydrogens is 288 g/mol. The van der Waals surface area contributed by atoms with Gasteiger partial charge in [0.25, 0.3) is 0 Å². The van der Waals surface area contributed by atoms with Crippen molar-refractivity contribution < 1.29 is 4.74 Å². The predicted octanol–water partition coefficient (Wildman–Crippen LogP) is 3.03. The fraction of sp³-hybridized carbons (Fsp3) is 0.167. The lowest BCUT2D eigenvalue weighted by atomic mass is 10.0. The number of hydrogen-bond donors (Lipinski definition) is 1. The summed E-state index contributed by atoms with van der Waals surface area (Å²) >= 11 is 0. The number of rotatable bonds is 4. The van der Waals surface area contributed by atoms with Gasteiger partial charge in [-0.25, -0.2) is 15.0 Å². The zero-order valence-electron chi connectivity index (χ0n) is 13.2. The van der Waals surface area contributed by atoms with E-state index in [-0.39, 0.29) is 5.95 Å². The molecule has 23 heavy (non-hydrogen) atoms. The fourth-order valence-corrected chi connectivity index (χ4v) is 2.47. The van der Waals surface area contributed by atoms with Crippen LogP contribution in [0.4, 0.5) is 5.95 Å². The van der Waals surface area contributed by atoms with Crippen LogP contribution < -0.4 is 10.5 Å². The van der Waals surface area contributed by atoms with Crippen LogP contribution in [0, 0.1) is 6.92 Å². The van der Waals surface area contributed by atoms with Gasteiger partial charge in [0, 0.05) is 30.6 Å². The Kier molecular flexibility index (Phi) is 4.19. The van der Waals surface area contributed by atoms with Crippen molar-refractivity contribution in [3.63, 3.8) is 0 Å². The Morgan fingerprint density at radius 3 is 2.43 bits per heavy atom. The van der Waals surface area contributed by atoms with E-state index in [4.69, 9.17) is 10.5 Å². The Morgan fingerprint density at radius 2 is 1.74 bits per heavy atom. The summed E-state index contributed by atoms with van der Waals surface area (Å²) in [7, 11) is 1.63. The summed E-state index contributed by atoms with van der Waals surface area (Å²) < 4.78 is 5.41. The second-order valence-corrected chi connectivity index (χ2v) is 5.40. The summed E-state index contributed by atoms with van der Waals surface area (Å²) in [6.45, 7) is 2.07. The molecule has 0 aliphatic carbocycles. The number of nitrogens with zero attached hydrogens (tertiary/aromatic N) is 3. The average molecular weight is 306 g/mol. The van der Waals surface area contributed by atoms with Crippen molar-refractivity contribution in [3.05, 3.63) is 65.6 Å². The van der Waals surface area contributed by atoms with Gasteiger partial charge >= 0.3 is 0 Å². The maximum Gasteiger partial charge on any atom is 0.221 e. The highest BCUT2D eigenvalue weighted by atomic mass is 16.5. The zero-order valence-corrected chi connectivity index (χ0v) is 13.2. The molecule has 2 N–H and O–H groups in total. The number of anilines is 1. The van der Waals surface area contributed by atoms with E-state index in [2.05, 4.69) is 46.1 Å². The van der Waals surface area contributed by atoms with Crippen LogP contribution in [0.1, 0.15) is 16.7 Å². The number of methoxy groups -OCH3 is 1. The first-order valence-corrected chi connectivity index (χ1v) is 7.32. The van der Waals surface area contributed by atoms with Gasteiger partial charge in [0.15, 0.2) is 0 Å². The monoisotopic (exact) mass is 306 g/mol. The standard InChI is InChI=1S/C18H18N4O/c1-12-4-3-5-15(6-12)16-8-13(9-20-17(16)23-2)7-14-10-21-18(19)22-11-14/h3-6,8-11H,7H2,1-2H3,(H2,19,21,22). The summed E-state index contributed by atoms with van der Waals surface area (Å²) in [4.78, 5) is 12.5. The summed E-state index contributed by atoms with van der Waals surface area (Å²) in [5, 5.41) is 0. The van der Waals surface area contributed by atoms with Crippen LogP contribution in [0.3, 0.4) is 0 Å². The van der Waals surface area contributed by atoms with Crippen LogP contribution in [-0.2, 0) is 6.42 Å². The molecular formula is C18H18N4O. The molecule has 116 valence electrons. The quantitative estimate of drug-likeness (QED) is 0.802. The highest BCUT2D eigenvalue weighted by molar-refractivity contribution is 5.69. The molecule has 2 heterocycles. The van der Waals surface area contributed by atoms with Crippen LogP contribution in [0.5, 0.6) is 5.88 Å². The van der Waals surface area contributed by atoms with Gasteiger partial charge in [-0.1, -0.05) is 29.8 Å². The first-order chi connectivity index (χ1) is 11.2. The molecule has 0 unspecified atom stereocenters. The van der Waals surface area contributed by atoms with Gasteiger partial charge in [0.2, 0.25) is 11.8 Å². The minimum Gasteiger partial charge on any atom is -0.481 e. The molecule has 0 spiro atoms. The van der Waals surface area contributed by atoms with E-state index in [0.717, 1.165) is 22.3 Å². The summed E-state index contributed by atoms with van der Waals surface area (Å²) in [6.07, 6.45) is 5.97. The van der Waals surface area contributed by atoms with Crippen molar-refractivity contribution in [2.24, 2.45) is 0 Å². The highest BCUT2D eigenvalue weighted by Gasteiger charge is 2.10. The van der Waals surface area contributed by atoms with Gasteiger partial charge in [-0.3, -0.25) is 0 Å². The second kappa shape index (κ2) is 6.44. The molecule has 0 aliphatic heterocycles. The molecule has 3 rings (SSSR count). The van der Waals surface area contributed by atoms with E-state index < -0.39 is 0 Å². The minimum atomic E-state index is 0.280. The fourth-order valence-electron chi connectivity index (χ4n) is 2.47. The van der Waals surface area contributed by atoms with Crippen molar-refractivity contribution >= 4 is 5.95 Å². The van der Waals surface area contributed by atoms with Crippen molar-refractivity contribution in [2.75, 3.05) is 12.8 Å². The highest BCUT2D eigenvalue weighted by Crippen LogP contribution is 2.29. The molecule has 0 bridgehead atoms. The summed E-state index contributed by atoms with van der Waals surface area (Å²) in [5.41, 5.74) is 10.8. The van der Waals surface area contributed by atoms with E-state index >= 15 is 0 Å². The lowest BCUT2D eigenvalue weighted by molar-refractivity contribution is 0.399. The molecule has 3 aromatic rings. The first-order valence-electron chi connectivity index (χ1n) is 7.32. The van der Waals surface area contributed by atoms with Crippen LogP contribution in [-0.4, -0.2) is 22.1 Å². The molecule has 5 heteroatoms. The van der Waals surface area contributed by atoms with Crippen LogP contribution in [0.15, 0.2) is 48.9 Å². The molecule has 0 amide bonds. The normalized spacial score (nSPS) is 10.5. The van der Waals surface area contributed by atoms with Crippen molar-refractivity contribution in [2.45, 2.75) is 13.3 Å². The topological polar surface area (TPSA) is 73.9 Å². The number of aryl methyl sites for hydroxylation is 1. The van der Waals surface area contributed by atoms with Crippen molar-refractivity contribution in [3.8, 4) is 17.0 Å². The molecule has 0 saturated carbocycles. The summed E-state index contributed by atoms with van der Waals surface area (Å²) in [5.74, 6) is 0.898. The Bertz CT molecular complexity index is 816. The smallest absolute Gasteiger partial charge is 0.221 e. The molecule has 0 fully saturated rings. The van der Waals surface area contributed by atoms with Crippen LogP contribution in [0.25, 0.3) is 11.1 Å². The van der Waals surface area contributed by atoms with E-state index in [1.54, 1.807) is 19.5 Å². The maximum absolute atomic E-state index is 5.52. The van der Waals surface area contributed by atoms with Crippen LogP contribution >= 0.6 is 0 Å². The number of nitrogens with two attached hydrogens (primary N) is 1. The average Bonchev–Trinajstić information content (AvgIpc) is 2.57. The van der Waals surface area contributed by atoms with Gasteiger partial charge < -0.3 is 10.5 Å². The largest absolute Gasteiger partial charge is 0.481 e. The molecule has 1 aromatic carbocycles. The molecule has 2 aromatic heterocycles. The Hall–Kier alpha value is -2.95. The Morgan fingerprint density at radius 1 is 1.00 bits per heavy atom. The number of benzene rings is 1. The predicted molar refractivity (Wildman–Crippen MR) is 90.2 cm³/mol. The van der Waals surface area contributed by atoms with E-state index in [1.807, 2.05) is 12.3 Å². The van der Waals surface area contributed by atoms with E-state index in [1.165, 1.54) is 5.56 Å². The van der Waals surface area contributed by atoms with E-state index in [9.17, 15) is 0 Å². The number of hydrogen-bond acceptors (Lipinski definition) is 5. The van der Waals surface area contributed by atoms with Crippen molar-refractivity contribution in [1.82, 2.24) is 15.0 Å². The summed E-state index contributed by atoms with van der Waals surface area (Å²) in [6, 6.07) is 10.4. The Balaban J connectivity index is 1.97. The molecule has 5 nitrogen and oxygen atoms in total. The van der Waals surface area contributed by atoms with Gasteiger partial charge in [-0.15, -0.1) is 0 Å². The zero-order chi connectivity index (χ0) is 16.2. The minimum absolute atomic E-state index is 0.280. The van der Waals surface area contributed by atoms with Gasteiger partial charge in [0.05, 0.1) is 7.11 Å². The molecule has 0 aliphatic rings. The second-order valence-electron chi connectivity index (χ2n) is 5.40.